The highest BCUT2D eigenvalue weighted by Gasteiger charge is 2.32. The van der Waals surface area contributed by atoms with E-state index in [1.54, 1.807) is 19.1 Å². The molecule has 0 bridgehead atoms. The number of rotatable bonds is 9. The third kappa shape index (κ3) is 5.19. The average Bonchev–Trinajstić information content (AvgIpc) is 2.99. The number of halogens is 3. The minimum Gasteiger partial charge on any atom is -0.492 e. The number of carbonyl (C=O) groups is 1. The summed E-state index contributed by atoms with van der Waals surface area (Å²) >= 11 is 7.25. The van der Waals surface area contributed by atoms with Crippen LogP contribution in [0.4, 0.5) is 8.78 Å². The summed E-state index contributed by atoms with van der Waals surface area (Å²) in [5.74, 6) is -1.71. The molecule has 2 aromatic rings. The van der Waals surface area contributed by atoms with E-state index in [1.165, 1.54) is 0 Å². The molecule has 28 heavy (non-hydrogen) atoms. The molecule has 0 radical (unpaired) electrons. The summed E-state index contributed by atoms with van der Waals surface area (Å²) in [5.41, 5.74) is 0.454. The highest BCUT2D eigenvalue weighted by molar-refractivity contribution is 7.19. The van der Waals surface area contributed by atoms with Gasteiger partial charge in [0.25, 0.3) is 5.92 Å². The van der Waals surface area contributed by atoms with Crippen molar-refractivity contribution in [3.05, 3.63) is 22.2 Å². The van der Waals surface area contributed by atoms with Crippen molar-refractivity contribution in [2.24, 2.45) is 11.8 Å². The number of ketones is 1. The van der Waals surface area contributed by atoms with E-state index in [1.807, 2.05) is 6.92 Å². The Morgan fingerprint density at radius 3 is 2.79 bits per heavy atom. The number of hydrogen-bond donors (Lipinski definition) is 0. The zero-order chi connectivity index (χ0) is 20.5. The topological polar surface area (TPSA) is 48.4 Å². The van der Waals surface area contributed by atoms with Crippen LogP contribution < -0.4 is 4.74 Å². The van der Waals surface area contributed by atoms with Crippen molar-refractivity contribution in [2.45, 2.75) is 52.1 Å². The van der Waals surface area contributed by atoms with Gasteiger partial charge in [0, 0.05) is 20.0 Å². The van der Waals surface area contributed by atoms with E-state index >= 15 is 0 Å². The van der Waals surface area contributed by atoms with Crippen LogP contribution in [0.5, 0.6) is 5.75 Å². The summed E-state index contributed by atoms with van der Waals surface area (Å²) in [6.07, 6.45) is 2.55. The molecule has 0 unspecified atom stereocenters. The number of ether oxygens (including phenoxy) is 2. The van der Waals surface area contributed by atoms with Gasteiger partial charge in [0.15, 0.2) is 5.01 Å². The number of fused-ring (bicyclic) bond motifs is 1. The largest absolute Gasteiger partial charge is 0.492 e. The number of aromatic nitrogens is 1. The summed E-state index contributed by atoms with van der Waals surface area (Å²) < 4.78 is 39.2. The number of carbonyl (C=O) groups excluding carboxylic acids is 1. The van der Waals surface area contributed by atoms with Crippen molar-refractivity contribution in [3.8, 4) is 5.75 Å². The molecular weight excluding hydrogens is 408 g/mol. The fourth-order valence-corrected chi connectivity index (χ4v) is 4.50. The van der Waals surface area contributed by atoms with Crippen LogP contribution in [0.1, 0.15) is 45.0 Å². The van der Waals surface area contributed by atoms with Crippen LogP contribution in [0.15, 0.2) is 12.1 Å². The van der Waals surface area contributed by atoms with Gasteiger partial charge in [0.05, 0.1) is 22.9 Å². The Labute approximate surface area is 172 Å². The van der Waals surface area contributed by atoms with Gasteiger partial charge in [-0.25, -0.2) is 4.98 Å². The molecule has 0 N–H and O–H groups in total. The maximum absolute atomic E-state index is 13.5. The Balaban J connectivity index is 1.49. The minimum absolute atomic E-state index is 0.181. The van der Waals surface area contributed by atoms with E-state index in [9.17, 15) is 13.6 Å². The maximum atomic E-state index is 13.5. The summed E-state index contributed by atoms with van der Waals surface area (Å²) in [7, 11) is 0. The predicted octanol–water partition coefficient (Wildman–Crippen LogP) is 5.85. The van der Waals surface area contributed by atoms with Gasteiger partial charge in [0.1, 0.15) is 16.6 Å². The van der Waals surface area contributed by atoms with Crippen molar-refractivity contribution >= 4 is 38.9 Å². The summed E-state index contributed by atoms with van der Waals surface area (Å²) in [5, 5.41) is 0.0789. The first kappa shape index (κ1) is 21.4. The van der Waals surface area contributed by atoms with Crippen molar-refractivity contribution in [1.29, 1.82) is 0 Å². The quantitative estimate of drug-likeness (QED) is 0.499. The molecule has 4 nitrogen and oxygen atoms in total. The maximum Gasteiger partial charge on any atom is 0.296 e. The van der Waals surface area contributed by atoms with Crippen LogP contribution in [0.25, 0.3) is 10.2 Å². The van der Waals surface area contributed by atoms with Crippen molar-refractivity contribution in [3.63, 3.8) is 0 Å². The van der Waals surface area contributed by atoms with E-state index in [4.69, 9.17) is 21.1 Å². The molecule has 8 heteroatoms. The normalized spacial score (nSPS) is 20.8. The zero-order valence-electron chi connectivity index (χ0n) is 16.1. The molecule has 1 heterocycles. The second-order valence-corrected chi connectivity index (χ2v) is 9.13. The Bertz CT molecular complexity index is 846. The fraction of sp³-hybridized carbons (Fsp3) is 0.600. The van der Waals surface area contributed by atoms with Crippen molar-refractivity contribution < 1.29 is 23.0 Å². The minimum atomic E-state index is -2.99. The van der Waals surface area contributed by atoms with Crippen LogP contribution in [-0.4, -0.2) is 30.1 Å². The van der Waals surface area contributed by atoms with Crippen molar-refractivity contribution in [2.75, 3.05) is 13.2 Å². The number of thiazole rings is 1. The highest BCUT2D eigenvalue weighted by atomic mass is 35.5. The molecule has 154 valence electrons. The van der Waals surface area contributed by atoms with E-state index in [-0.39, 0.29) is 22.8 Å². The third-order valence-electron chi connectivity index (χ3n) is 4.76. The molecule has 0 saturated heterocycles. The summed E-state index contributed by atoms with van der Waals surface area (Å²) in [4.78, 5) is 15.1. The van der Waals surface area contributed by atoms with Gasteiger partial charge < -0.3 is 14.3 Å². The number of nitrogens with zero attached hydrogens (tertiary/aromatic N) is 1. The standard InChI is InChI=1S/C20H24ClF2NO3S/c1-11(6-12(2)25)9-26-14-7-13(8-14)10-27-16-5-4-15-18(17(16)21)28-19(24-15)20(3,22)23/h4-5,11,13-14H,6-10H2,1-3H3/t11-,13?,14?/m1/s1. The molecular formula is C20H24ClF2NO3S. The summed E-state index contributed by atoms with van der Waals surface area (Å²) in [6, 6.07) is 3.34. The van der Waals surface area contributed by atoms with E-state index in [2.05, 4.69) is 4.98 Å². The first-order chi connectivity index (χ1) is 13.1. The predicted molar refractivity (Wildman–Crippen MR) is 107 cm³/mol. The second-order valence-electron chi connectivity index (χ2n) is 7.75. The first-order valence-corrected chi connectivity index (χ1v) is 10.5. The lowest BCUT2D eigenvalue weighted by atomic mass is 9.83. The van der Waals surface area contributed by atoms with Gasteiger partial charge in [0.2, 0.25) is 0 Å². The molecule has 1 fully saturated rings. The SMILES string of the molecule is CC(=O)C[C@@H](C)COC1CC(COc2ccc3nc(C(C)(F)F)sc3c2Cl)C1. The Morgan fingerprint density at radius 2 is 2.14 bits per heavy atom. The fourth-order valence-electron chi connectivity index (χ4n) is 3.25. The van der Waals surface area contributed by atoms with Gasteiger partial charge in [-0.15, -0.1) is 11.3 Å². The number of benzene rings is 1. The molecule has 1 aromatic heterocycles. The lowest BCUT2D eigenvalue weighted by Crippen LogP contribution is -2.36. The smallest absolute Gasteiger partial charge is 0.296 e. The third-order valence-corrected chi connectivity index (χ3v) is 6.50. The van der Waals surface area contributed by atoms with Gasteiger partial charge in [-0.3, -0.25) is 0 Å². The Kier molecular flexibility index (Phi) is 6.57. The zero-order valence-corrected chi connectivity index (χ0v) is 17.7. The Morgan fingerprint density at radius 1 is 1.43 bits per heavy atom. The van der Waals surface area contributed by atoms with Gasteiger partial charge in [-0.1, -0.05) is 18.5 Å². The van der Waals surface area contributed by atoms with Gasteiger partial charge in [-0.05, 0) is 43.7 Å². The molecule has 1 aliphatic rings. The Hall–Kier alpha value is -1.31. The molecule has 3 rings (SSSR count). The van der Waals surface area contributed by atoms with E-state index in [0.717, 1.165) is 31.1 Å². The van der Waals surface area contributed by atoms with Crippen LogP contribution >= 0.6 is 22.9 Å². The van der Waals surface area contributed by atoms with E-state index in [0.29, 0.717) is 46.5 Å². The van der Waals surface area contributed by atoms with Crippen molar-refractivity contribution in [1.82, 2.24) is 4.98 Å². The van der Waals surface area contributed by atoms with Gasteiger partial charge in [-0.2, -0.15) is 8.78 Å². The van der Waals surface area contributed by atoms with Crippen LogP contribution in [0.2, 0.25) is 5.02 Å². The van der Waals surface area contributed by atoms with Crippen LogP contribution in [0.3, 0.4) is 0 Å². The second kappa shape index (κ2) is 8.59. The first-order valence-electron chi connectivity index (χ1n) is 9.34. The number of hydrogen-bond acceptors (Lipinski definition) is 5. The average molecular weight is 432 g/mol. The molecule has 1 aliphatic carbocycles. The molecule has 0 aliphatic heterocycles. The monoisotopic (exact) mass is 431 g/mol. The molecule has 1 atom stereocenters. The molecule has 1 aromatic carbocycles. The summed E-state index contributed by atoms with van der Waals surface area (Å²) in [6.45, 7) is 5.53. The molecule has 0 spiro atoms. The number of alkyl halides is 2. The van der Waals surface area contributed by atoms with Crippen LogP contribution in [-0.2, 0) is 15.5 Å². The lowest BCUT2D eigenvalue weighted by Gasteiger charge is -2.35. The number of Topliss-reactive ketones (excluding diaryl/α,β-unsaturated/α-hetero) is 1. The lowest BCUT2D eigenvalue weighted by molar-refractivity contribution is -0.119. The molecule has 1 saturated carbocycles. The van der Waals surface area contributed by atoms with E-state index < -0.39 is 5.92 Å². The highest BCUT2D eigenvalue weighted by Crippen LogP contribution is 2.41. The van der Waals surface area contributed by atoms with Crippen LogP contribution in [0, 0.1) is 11.8 Å². The molecule has 0 amide bonds. The van der Waals surface area contributed by atoms with Gasteiger partial charge >= 0.3 is 0 Å².